The standard InChI is InChI=1S/C15H25BrN4/c1-11(2)14-18-12(16)9-13(19-14)17-10-15(20(3)4)7-5-6-8-15/h9,11H,5-8,10H2,1-4H3,(H,17,18,19). The molecule has 0 aromatic carbocycles. The summed E-state index contributed by atoms with van der Waals surface area (Å²) in [5, 5.41) is 3.52. The summed E-state index contributed by atoms with van der Waals surface area (Å²) in [6.07, 6.45) is 5.17. The first-order valence-corrected chi connectivity index (χ1v) is 8.18. The Bertz CT molecular complexity index is 453. The zero-order chi connectivity index (χ0) is 14.8. The van der Waals surface area contributed by atoms with Crippen LogP contribution in [-0.4, -0.2) is 41.0 Å². The van der Waals surface area contributed by atoms with Gasteiger partial charge in [-0.1, -0.05) is 26.7 Å². The topological polar surface area (TPSA) is 41.1 Å². The molecular weight excluding hydrogens is 316 g/mol. The maximum absolute atomic E-state index is 4.61. The van der Waals surface area contributed by atoms with Crippen LogP contribution in [0.4, 0.5) is 5.82 Å². The van der Waals surface area contributed by atoms with E-state index < -0.39 is 0 Å². The van der Waals surface area contributed by atoms with E-state index in [9.17, 15) is 0 Å². The quantitative estimate of drug-likeness (QED) is 0.830. The molecule has 112 valence electrons. The van der Waals surface area contributed by atoms with Crippen LogP contribution in [0.5, 0.6) is 0 Å². The van der Waals surface area contributed by atoms with Crippen molar-refractivity contribution in [2.75, 3.05) is 26.0 Å². The summed E-state index contributed by atoms with van der Waals surface area (Å²) >= 11 is 3.48. The molecule has 1 aliphatic carbocycles. The van der Waals surface area contributed by atoms with E-state index >= 15 is 0 Å². The summed E-state index contributed by atoms with van der Waals surface area (Å²) in [6.45, 7) is 5.18. The molecule has 0 radical (unpaired) electrons. The molecule has 1 aromatic rings. The summed E-state index contributed by atoms with van der Waals surface area (Å²) in [4.78, 5) is 11.4. The van der Waals surface area contributed by atoms with Crippen molar-refractivity contribution in [2.45, 2.75) is 51.0 Å². The van der Waals surface area contributed by atoms with E-state index in [0.717, 1.165) is 22.8 Å². The largest absolute Gasteiger partial charge is 0.368 e. The molecule has 0 spiro atoms. The molecule has 1 heterocycles. The van der Waals surface area contributed by atoms with Gasteiger partial charge in [-0.3, -0.25) is 0 Å². The van der Waals surface area contributed by atoms with Crippen LogP contribution in [0.1, 0.15) is 51.3 Å². The molecule has 0 atom stereocenters. The molecular formula is C15H25BrN4. The van der Waals surface area contributed by atoms with Crippen LogP contribution in [0.3, 0.4) is 0 Å². The Kier molecular flexibility index (Phi) is 5.02. The van der Waals surface area contributed by atoms with Gasteiger partial charge < -0.3 is 10.2 Å². The highest BCUT2D eigenvalue weighted by Gasteiger charge is 2.35. The van der Waals surface area contributed by atoms with E-state index in [-0.39, 0.29) is 5.54 Å². The van der Waals surface area contributed by atoms with Crippen LogP contribution in [0.2, 0.25) is 0 Å². The monoisotopic (exact) mass is 340 g/mol. The predicted octanol–water partition coefficient (Wildman–Crippen LogP) is 3.65. The van der Waals surface area contributed by atoms with Crippen LogP contribution in [-0.2, 0) is 0 Å². The van der Waals surface area contributed by atoms with Gasteiger partial charge >= 0.3 is 0 Å². The highest BCUT2D eigenvalue weighted by molar-refractivity contribution is 9.10. The van der Waals surface area contributed by atoms with Gasteiger partial charge in [0.05, 0.1) is 0 Å². The average Bonchev–Trinajstić information content (AvgIpc) is 2.86. The van der Waals surface area contributed by atoms with Crippen molar-refractivity contribution in [3.05, 3.63) is 16.5 Å². The lowest BCUT2D eigenvalue weighted by Crippen LogP contribution is -2.47. The van der Waals surface area contributed by atoms with Crippen molar-refractivity contribution in [1.82, 2.24) is 14.9 Å². The smallest absolute Gasteiger partial charge is 0.134 e. The van der Waals surface area contributed by atoms with Gasteiger partial charge in [0.2, 0.25) is 0 Å². The van der Waals surface area contributed by atoms with Gasteiger partial charge in [-0.05, 0) is 42.9 Å². The normalized spacial score (nSPS) is 17.9. The molecule has 5 heteroatoms. The van der Waals surface area contributed by atoms with Gasteiger partial charge in [-0.15, -0.1) is 0 Å². The van der Waals surface area contributed by atoms with Gasteiger partial charge in [0.25, 0.3) is 0 Å². The van der Waals surface area contributed by atoms with Gasteiger partial charge in [-0.2, -0.15) is 0 Å². The summed E-state index contributed by atoms with van der Waals surface area (Å²) in [6, 6.07) is 1.96. The number of nitrogens with one attached hydrogen (secondary N) is 1. The molecule has 4 nitrogen and oxygen atoms in total. The van der Waals surface area contributed by atoms with Crippen molar-refractivity contribution in [3.63, 3.8) is 0 Å². The number of likely N-dealkylation sites (N-methyl/N-ethyl adjacent to an activating group) is 1. The lowest BCUT2D eigenvalue weighted by molar-refractivity contribution is 0.172. The molecule has 0 aliphatic heterocycles. The molecule has 1 saturated carbocycles. The van der Waals surface area contributed by atoms with Crippen LogP contribution < -0.4 is 5.32 Å². The van der Waals surface area contributed by atoms with Gasteiger partial charge in [0.1, 0.15) is 16.2 Å². The first-order chi connectivity index (χ1) is 9.43. The molecule has 20 heavy (non-hydrogen) atoms. The lowest BCUT2D eigenvalue weighted by Gasteiger charge is -2.36. The Morgan fingerprint density at radius 1 is 1.30 bits per heavy atom. The number of hydrogen-bond donors (Lipinski definition) is 1. The number of anilines is 1. The minimum absolute atomic E-state index is 0.273. The molecule has 2 rings (SSSR count). The average molecular weight is 341 g/mol. The van der Waals surface area contributed by atoms with Crippen LogP contribution >= 0.6 is 15.9 Å². The molecule has 0 unspecified atom stereocenters. The second-order valence-electron chi connectivity index (χ2n) is 6.27. The van der Waals surface area contributed by atoms with Gasteiger partial charge in [-0.25, -0.2) is 9.97 Å². The van der Waals surface area contributed by atoms with Gasteiger partial charge in [0, 0.05) is 24.1 Å². The Labute approximate surface area is 130 Å². The van der Waals surface area contributed by atoms with E-state index in [1.807, 2.05) is 6.07 Å². The fourth-order valence-corrected chi connectivity index (χ4v) is 3.25. The number of halogens is 1. The van der Waals surface area contributed by atoms with E-state index in [1.165, 1.54) is 25.7 Å². The van der Waals surface area contributed by atoms with E-state index in [0.29, 0.717) is 5.92 Å². The number of hydrogen-bond acceptors (Lipinski definition) is 4. The molecule has 0 saturated heterocycles. The molecule has 0 bridgehead atoms. The van der Waals surface area contributed by atoms with Crippen LogP contribution in [0.25, 0.3) is 0 Å². The number of aromatic nitrogens is 2. The van der Waals surface area contributed by atoms with Crippen molar-refractivity contribution in [2.24, 2.45) is 0 Å². The van der Waals surface area contributed by atoms with E-state index in [4.69, 9.17) is 0 Å². The fraction of sp³-hybridized carbons (Fsp3) is 0.733. The summed E-state index contributed by atoms with van der Waals surface area (Å²) in [5.41, 5.74) is 0.273. The summed E-state index contributed by atoms with van der Waals surface area (Å²) < 4.78 is 0.851. The predicted molar refractivity (Wildman–Crippen MR) is 87.2 cm³/mol. The summed E-state index contributed by atoms with van der Waals surface area (Å²) in [5.74, 6) is 2.14. The van der Waals surface area contributed by atoms with Gasteiger partial charge in [0.15, 0.2) is 0 Å². The molecule has 1 fully saturated rings. The zero-order valence-electron chi connectivity index (χ0n) is 12.9. The van der Waals surface area contributed by atoms with Crippen molar-refractivity contribution < 1.29 is 0 Å². The summed E-state index contributed by atoms with van der Waals surface area (Å²) in [7, 11) is 4.37. The third-order valence-corrected chi connectivity index (χ3v) is 4.72. The van der Waals surface area contributed by atoms with E-state index in [2.05, 4.69) is 64.1 Å². The molecule has 0 amide bonds. The third kappa shape index (κ3) is 3.50. The van der Waals surface area contributed by atoms with Crippen molar-refractivity contribution in [3.8, 4) is 0 Å². The highest BCUT2D eigenvalue weighted by Crippen LogP contribution is 2.34. The van der Waals surface area contributed by atoms with Crippen LogP contribution in [0.15, 0.2) is 10.7 Å². The highest BCUT2D eigenvalue weighted by atomic mass is 79.9. The van der Waals surface area contributed by atoms with Crippen molar-refractivity contribution >= 4 is 21.7 Å². The SMILES string of the molecule is CC(C)c1nc(Br)cc(NCC2(N(C)C)CCCC2)n1. The second-order valence-corrected chi connectivity index (χ2v) is 7.08. The van der Waals surface area contributed by atoms with E-state index in [1.54, 1.807) is 0 Å². The third-order valence-electron chi connectivity index (χ3n) is 4.31. The fourth-order valence-electron chi connectivity index (χ4n) is 2.85. The first kappa shape index (κ1) is 15.7. The zero-order valence-corrected chi connectivity index (χ0v) is 14.5. The number of rotatable bonds is 5. The maximum atomic E-state index is 4.61. The molecule has 1 aromatic heterocycles. The van der Waals surface area contributed by atoms with Crippen molar-refractivity contribution in [1.29, 1.82) is 0 Å². The second kappa shape index (κ2) is 6.39. The number of nitrogens with zero attached hydrogens (tertiary/aromatic N) is 3. The Morgan fingerprint density at radius 3 is 2.50 bits per heavy atom. The maximum Gasteiger partial charge on any atom is 0.134 e. The Hall–Kier alpha value is -0.680. The first-order valence-electron chi connectivity index (χ1n) is 7.39. The minimum atomic E-state index is 0.273. The lowest BCUT2D eigenvalue weighted by atomic mass is 9.96. The molecule has 1 N–H and O–H groups in total. The Balaban J connectivity index is 2.10. The van der Waals surface area contributed by atoms with Crippen LogP contribution in [0, 0.1) is 0 Å². The minimum Gasteiger partial charge on any atom is -0.368 e. The Morgan fingerprint density at radius 2 is 1.95 bits per heavy atom. The molecule has 1 aliphatic rings.